The van der Waals surface area contributed by atoms with Crippen molar-refractivity contribution in [2.24, 2.45) is 0 Å². The van der Waals surface area contributed by atoms with Crippen LogP contribution in [0.25, 0.3) is 0 Å². The highest BCUT2D eigenvalue weighted by molar-refractivity contribution is 6.16. The van der Waals surface area contributed by atoms with Crippen LogP contribution in [0, 0.1) is 0 Å². The maximum atomic E-state index is 13.1. The van der Waals surface area contributed by atoms with Crippen LogP contribution in [0.15, 0.2) is 54.6 Å². The van der Waals surface area contributed by atoms with Crippen molar-refractivity contribution in [1.29, 1.82) is 0 Å². The van der Waals surface area contributed by atoms with Gasteiger partial charge in [-0.15, -0.1) is 0 Å². The molecule has 1 saturated heterocycles. The first-order valence-electron chi connectivity index (χ1n) is 7.57. The van der Waals surface area contributed by atoms with Gasteiger partial charge in [-0.1, -0.05) is 54.6 Å². The Morgan fingerprint density at radius 1 is 0.826 bits per heavy atom. The molecule has 23 heavy (non-hydrogen) atoms. The van der Waals surface area contributed by atoms with Crippen molar-refractivity contribution in [3.05, 3.63) is 71.3 Å². The van der Waals surface area contributed by atoms with E-state index in [1.54, 1.807) is 38.1 Å². The molecule has 0 unspecified atom stereocenters. The summed E-state index contributed by atoms with van der Waals surface area (Å²) in [6.07, 6.45) is -0.626. The molecule has 2 bridgehead atoms. The average molecular weight is 308 g/mol. The largest absolute Gasteiger partial charge is 0.332 e. The highest BCUT2D eigenvalue weighted by Crippen LogP contribution is 2.50. The van der Waals surface area contributed by atoms with E-state index in [0.717, 1.165) is 5.56 Å². The predicted octanol–water partition coefficient (Wildman–Crippen LogP) is 3.33. The van der Waals surface area contributed by atoms with Crippen molar-refractivity contribution in [2.45, 2.75) is 31.3 Å². The third-order valence-electron chi connectivity index (χ3n) is 4.63. The van der Waals surface area contributed by atoms with Crippen LogP contribution in [0.1, 0.15) is 46.2 Å². The topological polar surface area (TPSA) is 52.6 Å². The molecule has 0 spiro atoms. The van der Waals surface area contributed by atoms with Crippen LogP contribution in [0.3, 0.4) is 0 Å². The summed E-state index contributed by atoms with van der Waals surface area (Å²) in [5.41, 5.74) is 0.334. The zero-order chi connectivity index (χ0) is 16.2. The Hall–Kier alpha value is -2.30. The van der Waals surface area contributed by atoms with E-state index in [1.807, 2.05) is 30.3 Å². The minimum atomic E-state index is -1.46. The average Bonchev–Trinajstić information content (AvgIpc) is 2.85. The summed E-state index contributed by atoms with van der Waals surface area (Å²) in [6.45, 7) is 3.29. The molecule has 0 radical (unpaired) electrons. The van der Waals surface area contributed by atoms with Crippen LogP contribution < -0.4 is 0 Å². The van der Waals surface area contributed by atoms with Gasteiger partial charge in [-0.2, -0.15) is 0 Å². The lowest BCUT2D eigenvalue weighted by Crippen LogP contribution is -2.41. The van der Waals surface area contributed by atoms with Crippen LogP contribution in [0.2, 0.25) is 0 Å². The lowest BCUT2D eigenvalue weighted by molar-refractivity contribution is -0.131. The second kappa shape index (κ2) is 4.60. The molecule has 116 valence electrons. The van der Waals surface area contributed by atoms with Gasteiger partial charge in [-0.05, 0) is 19.4 Å². The minimum absolute atomic E-state index is 0.225. The van der Waals surface area contributed by atoms with E-state index in [2.05, 4.69) is 0 Å². The molecule has 2 aromatic rings. The van der Waals surface area contributed by atoms with Gasteiger partial charge in [0.1, 0.15) is 6.10 Å². The van der Waals surface area contributed by atoms with Gasteiger partial charge >= 0.3 is 0 Å². The van der Waals surface area contributed by atoms with Gasteiger partial charge in [0, 0.05) is 11.1 Å². The van der Waals surface area contributed by atoms with E-state index in [0.29, 0.717) is 11.1 Å². The number of hydrogen-bond donors (Lipinski definition) is 0. The molecule has 0 saturated carbocycles. The Labute approximate surface area is 134 Å². The highest BCUT2D eigenvalue weighted by Gasteiger charge is 2.62. The maximum absolute atomic E-state index is 13.1. The number of fused-ring (bicyclic) bond motifs is 3. The lowest BCUT2D eigenvalue weighted by Gasteiger charge is -2.27. The summed E-state index contributed by atoms with van der Waals surface area (Å²) in [5, 5.41) is 0. The van der Waals surface area contributed by atoms with E-state index < -0.39 is 17.5 Å². The van der Waals surface area contributed by atoms with Crippen molar-refractivity contribution < 1.29 is 19.1 Å². The van der Waals surface area contributed by atoms with Gasteiger partial charge < -0.3 is 9.47 Å². The number of ether oxygens (including phenoxy) is 2. The summed E-state index contributed by atoms with van der Waals surface area (Å²) in [6, 6.07) is 16.2. The molecule has 3 atom stereocenters. The molecule has 4 rings (SSSR count). The number of hydrogen-bond acceptors (Lipinski definition) is 4. The van der Waals surface area contributed by atoms with E-state index in [4.69, 9.17) is 9.47 Å². The molecular formula is C19H16O4. The zero-order valence-electron chi connectivity index (χ0n) is 12.9. The molecule has 2 heterocycles. The molecule has 4 heteroatoms. The summed E-state index contributed by atoms with van der Waals surface area (Å²) < 4.78 is 11.9. The lowest BCUT2D eigenvalue weighted by atomic mass is 9.83. The molecule has 4 nitrogen and oxygen atoms in total. The Morgan fingerprint density at radius 3 is 2.04 bits per heavy atom. The normalized spacial score (nSPS) is 32.5. The van der Waals surface area contributed by atoms with E-state index in [1.165, 1.54) is 0 Å². The van der Waals surface area contributed by atoms with Gasteiger partial charge in [0.15, 0.2) is 11.4 Å². The predicted molar refractivity (Wildman–Crippen MR) is 83.3 cm³/mol. The first kappa shape index (κ1) is 14.3. The minimum Gasteiger partial charge on any atom is -0.332 e. The summed E-state index contributed by atoms with van der Waals surface area (Å²) >= 11 is 0. The number of carbonyl (C=O) groups excluding carboxylic acids is 2. The van der Waals surface area contributed by atoms with E-state index in [-0.39, 0.29) is 11.6 Å². The van der Waals surface area contributed by atoms with Crippen molar-refractivity contribution in [3.8, 4) is 0 Å². The second-order valence-corrected chi connectivity index (χ2v) is 6.27. The number of carbonyl (C=O) groups is 2. The van der Waals surface area contributed by atoms with Gasteiger partial charge in [-0.25, -0.2) is 0 Å². The monoisotopic (exact) mass is 308 g/mol. The van der Waals surface area contributed by atoms with Crippen molar-refractivity contribution in [1.82, 2.24) is 0 Å². The Kier molecular flexibility index (Phi) is 2.86. The Bertz CT molecular complexity index is 813. The molecule has 0 aromatic heterocycles. The molecule has 2 aliphatic rings. The van der Waals surface area contributed by atoms with Gasteiger partial charge in [-0.3, -0.25) is 9.59 Å². The molecule has 0 N–H and O–H groups in total. The van der Waals surface area contributed by atoms with Crippen LogP contribution >= 0.6 is 0 Å². The smallest absolute Gasteiger partial charge is 0.232 e. The fraction of sp³-hybridized carbons (Fsp3) is 0.263. The van der Waals surface area contributed by atoms with Gasteiger partial charge in [0.05, 0.1) is 0 Å². The third-order valence-corrected chi connectivity index (χ3v) is 4.63. The molecular weight excluding hydrogens is 292 g/mol. The van der Waals surface area contributed by atoms with Crippen molar-refractivity contribution in [2.75, 3.05) is 0 Å². The van der Waals surface area contributed by atoms with Crippen LogP contribution in [0.5, 0.6) is 0 Å². The number of ketones is 2. The van der Waals surface area contributed by atoms with Crippen LogP contribution in [-0.4, -0.2) is 23.0 Å². The standard InChI is InChI=1S/C19H16O4/c1-18-15(20)13-10-6-7-11-14(13)16(21)19(2,23-18)22-17(18)12-8-4-3-5-9-12/h3-11,17H,1-2H3/t17-,18+,19-/m1/s1. The third kappa shape index (κ3) is 1.85. The second-order valence-electron chi connectivity index (χ2n) is 6.27. The summed E-state index contributed by atoms with van der Waals surface area (Å²) in [4.78, 5) is 26.0. The number of Topliss-reactive ketones (excluding diaryl/α,β-unsaturated/α-hetero) is 2. The molecule has 2 aromatic carbocycles. The molecule has 2 aliphatic heterocycles. The summed E-state index contributed by atoms with van der Waals surface area (Å²) in [7, 11) is 0. The van der Waals surface area contributed by atoms with E-state index >= 15 is 0 Å². The molecule has 1 fully saturated rings. The van der Waals surface area contributed by atoms with E-state index in [9.17, 15) is 9.59 Å². The molecule has 0 aliphatic carbocycles. The zero-order valence-corrected chi connectivity index (χ0v) is 12.9. The Balaban J connectivity index is 1.94. The number of rotatable bonds is 1. The number of benzene rings is 2. The van der Waals surface area contributed by atoms with Crippen LogP contribution in [0.4, 0.5) is 0 Å². The summed E-state index contributed by atoms with van der Waals surface area (Å²) in [5.74, 6) is -2.00. The van der Waals surface area contributed by atoms with Gasteiger partial charge in [0.2, 0.25) is 11.6 Å². The van der Waals surface area contributed by atoms with Crippen LogP contribution in [-0.2, 0) is 9.47 Å². The fourth-order valence-corrected chi connectivity index (χ4v) is 3.49. The Morgan fingerprint density at radius 2 is 1.39 bits per heavy atom. The SMILES string of the molecule is C[C@@]12O[C@H](c3ccccc3)[C@@](C)(O1)C(=O)c1ccccc1C2=O. The van der Waals surface area contributed by atoms with Crippen molar-refractivity contribution in [3.63, 3.8) is 0 Å². The highest BCUT2D eigenvalue weighted by atomic mass is 16.8. The first-order valence-corrected chi connectivity index (χ1v) is 7.57. The fourth-order valence-electron chi connectivity index (χ4n) is 3.49. The van der Waals surface area contributed by atoms with Crippen molar-refractivity contribution >= 4 is 11.6 Å². The first-order chi connectivity index (χ1) is 11.0. The molecule has 0 amide bonds. The van der Waals surface area contributed by atoms with Gasteiger partial charge in [0.25, 0.3) is 0 Å². The maximum Gasteiger partial charge on any atom is 0.232 e. The quantitative estimate of drug-likeness (QED) is 0.811.